The first kappa shape index (κ1) is 20.9. The van der Waals surface area contributed by atoms with Crippen LogP contribution in [0.2, 0.25) is 0 Å². The second-order valence-corrected chi connectivity index (χ2v) is 9.55. The second kappa shape index (κ2) is 9.64. The number of nitrogens with zero attached hydrogens (tertiary/aromatic N) is 3. The monoisotopic (exact) mass is 427 g/mol. The number of hydrogen-bond donors (Lipinski definition) is 2. The van der Waals surface area contributed by atoms with Crippen LogP contribution >= 0.6 is 11.8 Å². The van der Waals surface area contributed by atoms with Crippen molar-refractivity contribution in [2.45, 2.75) is 80.8 Å². The normalized spacial score (nSPS) is 18.0. The van der Waals surface area contributed by atoms with Gasteiger partial charge in [0.05, 0.1) is 11.8 Å². The number of thioether (sulfide) groups is 1. The Morgan fingerprint density at radius 3 is 2.53 bits per heavy atom. The molecule has 3 amide bonds. The number of hydrogen-bond acceptors (Lipinski definition) is 5. The molecular formula is C22H29N5O2S. The van der Waals surface area contributed by atoms with Gasteiger partial charge in [-0.3, -0.25) is 10.1 Å². The Labute approximate surface area is 181 Å². The van der Waals surface area contributed by atoms with Gasteiger partial charge < -0.3 is 9.88 Å². The highest BCUT2D eigenvalue weighted by Crippen LogP contribution is 2.40. The average molecular weight is 428 g/mol. The predicted molar refractivity (Wildman–Crippen MR) is 116 cm³/mol. The van der Waals surface area contributed by atoms with Crippen LogP contribution in [0.5, 0.6) is 0 Å². The number of benzene rings is 1. The van der Waals surface area contributed by atoms with E-state index in [4.69, 9.17) is 0 Å². The second-order valence-electron chi connectivity index (χ2n) is 8.24. The number of rotatable bonds is 7. The van der Waals surface area contributed by atoms with E-state index in [9.17, 15) is 9.59 Å². The quantitative estimate of drug-likeness (QED) is 0.656. The van der Waals surface area contributed by atoms with Gasteiger partial charge in [0, 0.05) is 12.0 Å². The van der Waals surface area contributed by atoms with Crippen molar-refractivity contribution in [1.82, 2.24) is 25.4 Å². The summed E-state index contributed by atoms with van der Waals surface area (Å²) in [5.41, 5.74) is 1.17. The van der Waals surface area contributed by atoms with Crippen molar-refractivity contribution in [3.63, 3.8) is 0 Å². The van der Waals surface area contributed by atoms with Crippen LogP contribution in [0.4, 0.5) is 4.79 Å². The molecule has 7 nitrogen and oxygen atoms in total. The van der Waals surface area contributed by atoms with Gasteiger partial charge in [0.2, 0.25) is 5.91 Å². The van der Waals surface area contributed by atoms with Crippen molar-refractivity contribution >= 4 is 23.7 Å². The Morgan fingerprint density at radius 2 is 1.83 bits per heavy atom. The molecule has 2 aliphatic carbocycles. The summed E-state index contributed by atoms with van der Waals surface area (Å²) >= 11 is 1.35. The molecule has 0 radical (unpaired) electrons. The number of aromatic nitrogens is 3. The summed E-state index contributed by atoms with van der Waals surface area (Å²) < 4.78 is 2.11. The summed E-state index contributed by atoms with van der Waals surface area (Å²) in [6.07, 6.45) is 7.72. The van der Waals surface area contributed by atoms with Crippen molar-refractivity contribution in [2.75, 3.05) is 0 Å². The molecule has 0 saturated heterocycles. The van der Waals surface area contributed by atoms with E-state index < -0.39 is 11.3 Å². The van der Waals surface area contributed by atoms with Crippen molar-refractivity contribution in [3.8, 4) is 0 Å². The summed E-state index contributed by atoms with van der Waals surface area (Å²) in [6, 6.07) is 9.97. The molecule has 0 spiro atoms. The molecule has 2 aromatic rings. The van der Waals surface area contributed by atoms with Gasteiger partial charge in [-0.15, -0.1) is 10.2 Å². The molecule has 8 heteroatoms. The summed E-state index contributed by atoms with van der Waals surface area (Å²) in [5.74, 6) is 1.14. The van der Waals surface area contributed by atoms with Crippen LogP contribution in [0.15, 0.2) is 35.5 Å². The van der Waals surface area contributed by atoms with Crippen molar-refractivity contribution < 1.29 is 9.59 Å². The lowest BCUT2D eigenvalue weighted by molar-refractivity contribution is -0.119. The number of urea groups is 1. The molecule has 4 rings (SSSR count). The Kier molecular flexibility index (Phi) is 6.72. The molecule has 1 heterocycles. The molecule has 2 fully saturated rings. The lowest BCUT2D eigenvalue weighted by Crippen LogP contribution is -2.47. The minimum absolute atomic E-state index is 0.171. The lowest BCUT2D eigenvalue weighted by atomic mass is 9.96. The standard InChI is InChI=1S/C22H29N5O2S/c1-15(20(28)24-21(29)23-18-10-6-3-7-11-18)30-22-26-25-19(17-12-13-17)27(22)14-16-8-4-2-5-9-16/h2,4-5,8-9,15,17-18H,3,6-7,10-14H2,1H3,(H2,23,24,28,29)/t15-/m0/s1. The van der Waals surface area contributed by atoms with Gasteiger partial charge in [0.15, 0.2) is 5.16 Å². The number of carbonyl (C=O) groups is 2. The Bertz CT molecular complexity index is 875. The molecule has 0 unspecified atom stereocenters. The van der Waals surface area contributed by atoms with E-state index in [1.807, 2.05) is 18.2 Å². The summed E-state index contributed by atoms with van der Waals surface area (Å²) in [6.45, 7) is 2.48. The van der Waals surface area contributed by atoms with Gasteiger partial charge in [-0.05, 0) is 38.2 Å². The minimum atomic E-state index is -0.451. The number of nitrogens with one attached hydrogen (secondary N) is 2. The highest BCUT2D eigenvalue weighted by atomic mass is 32.2. The highest BCUT2D eigenvalue weighted by molar-refractivity contribution is 8.00. The molecule has 2 aliphatic rings. The van der Waals surface area contributed by atoms with E-state index >= 15 is 0 Å². The summed E-state index contributed by atoms with van der Waals surface area (Å²) in [5, 5.41) is 14.5. The third kappa shape index (κ3) is 5.41. The van der Waals surface area contributed by atoms with Crippen LogP contribution in [0.1, 0.15) is 69.2 Å². The van der Waals surface area contributed by atoms with Crippen molar-refractivity contribution in [3.05, 3.63) is 41.7 Å². The van der Waals surface area contributed by atoms with Crippen LogP contribution in [-0.2, 0) is 11.3 Å². The predicted octanol–water partition coefficient (Wildman–Crippen LogP) is 3.84. The Balaban J connectivity index is 1.38. The molecule has 2 saturated carbocycles. The fraction of sp³-hybridized carbons (Fsp3) is 0.545. The van der Waals surface area contributed by atoms with Gasteiger partial charge in [-0.1, -0.05) is 61.4 Å². The fourth-order valence-corrected chi connectivity index (χ4v) is 4.69. The molecular weight excluding hydrogens is 398 g/mol. The zero-order valence-electron chi connectivity index (χ0n) is 17.3. The van der Waals surface area contributed by atoms with Gasteiger partial charge in [-0.25, -0.2) is 4.79 Å². The first-order chi connectivity index (χ1) is 14.6. The van der Waals surface area contributed by atoms with Crippen LogP contribution in [0, 0.1) is 0 Å². The molecule has 1 aromatic carbocycles. The largest absolute Gasteiger partial charge is 0.335 e. The van der Waals surface area contributed by atoms with Gasteiger partial charge in [-0.2, -0.15) is 0 Å². The summed E-state index contributed by atoms with van der Waals surface area (Å²) in [4.78, 5) is 24.8. The van der Waals surface area contributed by atoms with Gasteiger partial charge >= 0.3 is 6.03 Å². The number of imide groups is 1. The highest BCUT2D eigenvalue weighted by Gasteiger charge is 2.31. The van der Waals surface area contributed by atoms with Gasteiger partial charge in [0.25, 0.3) is 0 Å². The van der Waals surface area contributed by atoms with E-state index in [-0.39, 0.29) is 11.9 Å². The van der Waals surface area contributed by atoms with Crippen LogP contribution in [0.3, 0.4) is 0 Å². The first-order valence-electron chi connectivity index (χ1n) is 10.8. The summed E-state index contributed by atoms with van der Waals surface area (Å²) in [7, 11) is 0. The van der Waals surface area contributed by atoms with Gasteiger partial charge in [0.1, 0.15) is 5.82 Å². The Hall–Kier alpha value is -2.35. The maximum Gasteiger partial charge on any atom is 0.321 e. The SMILES string of the molecule is C[C@H](Sc1nnc(C2CC2)n1Cc1ccccc1)C(=O)NC(=O)NC1CCCCC1. The third-order valence-electron chi connectivity index (χ3n) is 5.70. The van der Waals surface area contributed by atoms with E-state index in [1.165, 1.54) is 23.7 Å². The van der Waals surface area contributed by atoms with Crippen molar-refractivity contribution in [2.24, 2.45) is 0 Å². The van der Waals surface area contributed by atoms with E-state index in [0.717, 1.165) is 49.5 Å². The minimum Gasteiger partial charge on any atom is -0.335 e. The first-order valence-corrected chi connectivity index (χ1v) is 11.7. The van der Waals surface area contributed by atoms with Crippen molar-refractivity contribution in [1.29, 1.82) is 0 Å². The van der Waals surface area contributed by atoms with E-state index in [0.29, 0.717) is 12.5 Å². The molecule has 1 aromatic heterocycles. The zero-order valence-corrected chi connectivity index (χ0v) is 18.2. The third-order valence-corrected chi connectivity index (χ3v) is 6.78. The van der Waals surface area contributed by atoms with Crippen LogP contribution < -0.4 is 10.6 Å². The fourth-order valence-electron chi connectivity index (χ4n) is 3.84. The van der Waals surface area contributed by atoms with E-state index in [1.54, 1.807) is 6.92 Å². The molecule has 30 heavy (non-hydrogen) atoms. The molecule has 160 valence electrons. The average Bonchev–Trinajstić information content (AvgIpc) is 3.52. The molecule has 0 aliphatic heterocycles. The van der Waals surface area contributed by atoms with Crippen LogP contribution in [-0.4, -0.2) is 38.0 Å². The zero-order chi connectivity index (χ0) is 20.9. The lowest BCUT2D eigenvalue weighted by Gasteiger charge is -2.23. The maximum absolute atomic E-state index is 12.6. The molecule has 1 atom stereocenters. The molecule has 0 bridgehead atoms. The molecule has 2 N–H and O–H groups in total. The number of carbonyl (C=O) groups excluding carboxylic acids is 2. The number of amides is 3. The van der Waals surface area contributed by atoms with Crippen LogP contribution in [0.25, 0.3) is 0 Å². The Morgan fingerprint density at radius 1 is 1.10 bits per heavy atom. The maximum atomic E-state index is 12.6. The topological polar surface area (TPSA) is 88.9 Å². The van der Waals surface area contributed by atoms with E-state index in [2.05, 4.69) is 37.5 Å². The smallest absolute Gasteiger partial charge is 0.321 e.